The first-order valence-corrected chi connectivity index (χ1v) is 17.0. The lowest BCUT2D eigenvalue weighted by Crippen LogP contribution is -1.82. The molecule has 0 unspecified atom stereocenters. The van der Waals surface area contributed by atoms with Gasteiger partial charge in [-0.05, 0) is 80.4 Å². The van der Waals surface area contributed by atoms with Crippen LogP contribution in [-0.4, -0.2) is 0 Å². The summed E-state index contributed by atoms with van der Waals surface area (Å²) in [7, 11) is 0. The van der Waals surface area contributed by atoms with Gasteiger partial charge >= 0.3 is 0 Å². The summed E-state index contributed by atoms with van der Waals surface area (Å²) in [6.07, 6.45) is 0. The fourth-order valence-corrected chi connectivity index (χ4v) is 7.34. The van der Waals surface area contributed by atoms with Crippen LogP contribution in [0.4, 0.5) is 0 Å². The Balaban J connectivity index is 1.14. The molecule has 2 heterocycles. The molecule has 0 N–H and O–H groups in total. The third-order valence-electron chi connectivity index (χ3n) is 9.91. The molecular formula is C48H30O2. The van der Waals surface area contributed by atoms with Crippen LogP contribution in [0.1, 0.15) is 0 Å². The van der Waals surface area contributed by atoms with E-state index in [0.29, 0.717) is 0 Å². The Morgan fingerprint density at radius 2 is 0.560 bits per heavy atom. The molecule has 0 atom stereocenters. The van der Waals surface area contributed by atoms with Crippen molar-refractivity contribution < 1.29 is 8.83 Å². The fraction of sp³-hybridized carbons (Fsp3) is 0. The van der Waals surface area contributed by atoms with Gasteiger partial charge in [0, 0.05) is 21.5 Å². The molecule has 0 saturated carbocycles. The predicted molar refractivity (Wildman–Crippen MR) is 208 cm³/mol. The van der Waals surface area contributed by atoms with Gasteiger partial charge < -0.3 is 8.83 Å². The van der Waals surface area contributed by atoms with E-state index in [9.17, 15) is 0 Å². The van der Waals surface area contributed by atoms with Crippen molar-refractivity contribution in [1.82, 2.24) is 0 Å². The van der Waals surface area contributed by atoms with Crippen molar-refractivity contribution >= 4 is 43.9 Å². The monoisotopic (exact) mass is 638 g/mol. The number of hydrogen-bond donors (Lipinski definition) is 0. The van der Waals surface area contributed by atoms with Gasteiger partial charge in [-0.2, -0.15) is 0 Å². The molecule has 0 radical (unpaired) electrons. The molecule has 10 rings (SSSR count). The summed E-state index contributed by atoms with van der Waals surface area (Å²) in [5.74, 6) is 0. The van der Waals surface area contributed by atoms with Gasteiger partial charge in [0.2, 0.25) is 0 Å². The first-order valence-electron chi connectivity index (χ1n) is 17.0. The van der Waals surface area contributed by atoms with Crippen LogP contribution in [-0.2, 0) is 0 Å². The lowest BCUT2D eigenvalue weighted by atomic mass is 9.96. The number of hydrogen-bond acceptors (Lipinski definition) is 2. The van der Waals surface area contributed by atoms with Gasteiger partial charge in [-0.3, -0.25) is 0 Å². The van der Waals surface area contributed by atoms with Crippen molar-refractivity contribution in [3.63, 3.8) is 0 Å². The minimum Gasteiger partial charge on any atom is -0.455 e. The van der Waals surface area contributed by atoms with Crippen LogP contribution in [0, 0.1) is 0 Å². The number of rotatable bonds is 5. The Hall–Kier alpha value is -6.64. The molecule has 0 aliphatic carbocycles. The van der Waals surface area contributed by atoms with Crippen LogP contribution < -0.4 is 0 Å². The molecule has 0 fully saturated rings. The average Bonchev–Trinajstić information content (AvgIpc) is 3.75. The van der Waals surface area contributed by atoms with Crippen LogP contribution in [0.2, 0.25) is 0 Å². The Kier molecular flexibility index (Phi) is 6.53. The van der Waals surface area contributed by atoms with E-state index < -0.39 is 0 Å². The van der Waals surface area contributed by atoms with Gasteiger partial charge in [0.1, 0.15) is 22.3 Å². The summed E-state index contributed by atoms with van der Waals surface area (Å²) in [5.41, 5.74) is 14.9. The third kappa shape index (κ3) is 4.73. The molecular weight excluding hydrogens is 609 g/mol. The maximum Gasteiger partial charge on any atom is 0.147 e. The average molecular weight is 639 g/mol. The topological polar surface area (TPSA) is 26.3 Å². The summed E-state index contributed by atoms with van der Waals surface area (Å²) in [6, 6.07) is 64.4. The number of fused-ring (bicyclic) bond motifs is 6. The molecule has 50 heavy (non-hydrogen) atoms. The Bertz CT molecular complexity index is 2630. The highest BCUT2D eigenvalue weighted by Gasteiger charge is 2.21. The molecule has 2 heteroatoms. The maximum atomic E-state index is 6.69. The quantitative estimate of drug-likeness (QED) is 0.187. The second kappa shape index (κ2) is 11.5. The molecule has 234 valence electrons. The summed E-state index contributed by atoms with van der Waals surface area (Å²) >= 11 is 0. The molecule has 2 aromatic heterocycles. The van der Waals surface area contributed by atoms with Crippen LogP contribution in [0.25, 0.3) is 99.5 Å². The smallest absolute Gasteiger partial charge is 0.147 e. The third-order valence-corrected chi connectivity index (χ3v) is 9.91. The Labute approximate surface area is 289 Å². The number of furan rings is 2. The van der Waals surface area contributed by atoms with Gasteiger partial charge in [-0.25, -0.2) is 0 Å². The van der Waals surface area contributed by atoms with E-state index in [-0.39, 0.29) is 0 Å². The van der Waals surface area contributed by atoms with Gasteiger partial charge in [0.15, 0.2) is 0 Å². The van der Waals surface area contributed by atoms with E-state index in [0.717, 1.165) is 66.1 Å². The summed E-state index contributed by atoms with van der Waals surface area (Å²) in [4.78, 5) is 0. The highest BCUT2D eigenvalue weighted by Crippen LogP contribution is 2.45. The number of benzene rings is 8. The zero-order chi connectivity index (χ0) is 33.0. The van der Waals surface area contributed by atoms with E-state index >= 15 is 0 Å². The van der Waals surface area contributed by atoms with Gasteiger partial charge in [-0.1, -0.05) is 152 Å². The van der Waals surface area contributed by atoms with Gasteiger partial charge in [-0.15, -0.1) is 0 Å². The minimum atomic E-state index is 0.839. The molecule has 0 aliphatic heterocycles. The molecule has 0 saturated heterocycles. The first-order chi connectivity index (χ1) is 24.8. The van der Waals surface area contributed by atoms with Crippen molar-refractivity contribution in [2.45, 2.75) is 0 Å². The van der Waals surface area contributed by atoms with Crippen LogP contribution in [0.15, 0.2) is 191 Å². The normalized spacial score (nSPS) is 11.6. The van der Waals surface area contributed by atoms with Crippen molar-refractivity contribution in [2.24, 2.45) is 0 Å². The SMILES string of the molecule is c1ccc(-c2ccc(-c3ccc4oc5c(-c6ccccc6)c6oc7ccc(-c8ccc(-c9ccccc9)cc8)cc7c6cc5c4c3)cc2)cc1. The molecule has 2 nitrogen and oxygen atoms in total. The molecule has 0 spiro atoms. The molecule has 0 amide bonds. The zero-order valence-corrected chi connectivity index (χ0v) is 27.1. The van der Waals surface area contributed by atoms with Gasteiger partial charge in [0.25, 0.3) is 0 Å². The lowest BCUT2D eigenvalue weighted by molar-refractivity contribution is 0.658. The van der Waals surface area contributed by atoms with E-state index in [1.807, 2.05) is 6.07 Å². The maximum absolute atomic E-state index is 6.69. The molecule has 0 aliphatic rings. The fourth-order valence-electron chi connectivity index (χ4n) is 7.34. The van der Waals surface area contributed by atoms with Crippen molar-refractivity contribution in [3.05, 3.63) is 182 Å². The standard InChI is InChI=1S/C48H30O2/c1-4-10-31(11-5-1)33-16-20-35(21-17-33)38-24-26-44-40(28-38)42-30-43-41-29-39(36-22-18-34(19-23-36)32-12-6-2-7-13-32)25-27-45(41)50-48(43)46(47(42)49-44)37-14-8-3-9-15-37/h1-30H. The second-order valence-electron chi connectivity index (χ2n) is 12.9. The summed E-state index contributed by atoms with van der Waals surface area (Å²) < 4.78 is 13.4. The van der Waals surface area contributed by atoms with Crippen molar-refractivity contribution in [1.29, 1.82) is 0 Å². The molecule has 8 aromatic carbocycles. The Morgan fingerprint density at radius 1 is 0.240 bits per heavy atom. The van der Waals surface area contributed by atoms with Crippen LogP contribution >= 0.6 is 0 Å². The van der Waals surface area contributed by atoms with Crippen molar-refractivity contribution in [3.8, 4) is 55.6 Å². The van der Waals surface area contributed by atoms with E-state index in [4.69, 9.17) is 8.83 Å². The highest BCUT2D eigenvalue weighted by molar-refractivity contribution is 6.22. The first kappa shape index (κ1) is 28.4. The van der Waals surface area contributed by atoms with E-state index in [2.05, 4.69) is 176 Å². The van der Waals surface area contributed by atoms with Gasteiger partial charge in [0.05, 0.1) is 5.56 Å². The molecule has 0 bridgehead atoms. The van der Waals surface area contributed by atoms with Crippen LogP contribution in [0.5, 0.6) is 0 Å². The largest absolute Gasteiger partial charge is 0.455 e. The summed E-state index contributed by atoms with van der Waals surface area (Å²) in [5, 5.41) is 4.33. The Morgan fingerprint density at radius 3 is 0.960 bits per heavy atom. The lowest BCUT2D eigenvalue weighted by Gasteiger charge is -2.06. The van der Waals surface area contributed by atoms with E-state index in [1.165, 1.54) is 33.4 Å². The minimum absolute atomic E-state index is 0.839. The zero-order valence-electron chi connectivity index (χ0n) is 27.1. The molecule has 10 aromatic rings. The van der Waals surface area contributed by atoms with E-state index in [1.54, 1.807) is 0 Å². The van der Waals surface area contributed by atoms with Crippen molar-refractivity contribution in [2.75, 3.05) is 0 Å². The summed E-state index contributed by atoms with van der Waals surface area (Å²) in [6.45, 7) is 0. The predicted octanol–water partition coefficient (Wildman–Crippen LogP) is 13.8. The highest BCUT2D eigenvalue weighted by atomic mass is 16.3. The second-order valence-corrected chi connectivity index (χ2v) is 12.9. The van der Waals surface area contributed by atoms with Crippen LogP contribution in [0.3, 0.4) is 0 Å².